The van der Waals surface area contributed by atoms with Gasteiger partial charge in [0.25, 0.3) is 0 Å². The van der Waals surface area contributed by atoms with Crippen LogP contribution in [0.3, 0.4) is 0 Å². The van der Waals surface area contributed by atoms with Gasteiger partial charge in [0.2, 0.25) is 5.91 Å². The molecule has 1 amide bonds. The molecule has 2 aliphatic rings. The number of amides is 1. The maximum Gasteiger partial charge on any atom is 0.236 e. The molecule has 0 spiro atoms. The second-order valence-corrected chi connectivity index (χ2v) is 11.7. The Morgan fingerprint density at radius 1 is 1.11 bits per heavy atom. The van der Waals surface area contributed by atoms with Gasteiger partial charge in [0, 0.05) is 41.8 Å². The van der Waals surface area contributed by atoms with Gasteiger partial charge in [-0.3, -0.25) is 4.79 Å². The molecule has 0 unspecified atom stereocenters. The predicted octanol–water partition coefficient (Wildman–Crippen LogP) is 5.86. The van der Waals surface area contributed by atoms with E-state index in [0.29, 0.717) is 24.4 Å². The smallest absolute Gasteiger partial charge is 0.236 e. The Balaban J connectivity index is 1.24. The van der Waals surface area contributed by atoms with Crippen molar-refractivity contribution in [1.29, 1.82) is 0 Å². The number of aromatic amines is 1. The Morgan fingerprint density at radius 3 is 2.61 bits per heavy atom. The van der Waals surface area contributed by atoms with Crippen LogP contribution in [0.4, 0.5) is 0 Å². The normalized spacial score (nSPS) is 17.4. The highest BCUT2D eigenvalue weighted by atomic mass is 16.2. The Bertz CT molecular complexity index is 1470. The zero-order valence-electron chi connectivity index (χ0n) is 23.2. The summed E-state index contributed by atoms with van der Waals surface area (Å²) in [5.41, 5.74) is 9.59. The summed E-state index contributed by atoms with van der Waals surface area (Å²) in [4.78, 5) is 23.1. The molecule has 0 radical (unpaired) electrons. The first-order valence-corrected chi connectivity index (χ1v) is 14.4. The minimum absolute atomic E-state index is 0.262. The molecule has 4 heterocycles. The van der Waals surface area contributed by atoms with E-state index in [9.17, 15) is 4.79 Å². The molecule has 2 N–H and O–H groups in total. The van der Waals surface area contributed by atoms with Gasteiger partial charge in [0.15, 0.2) is 5.65 Å². The molecule has 1 saturated heterocycles. The van der Waals surface area contributed by atoms with Gasteiger partial charge in [0.1, 0.15) is 6.33 Å². The number of H-pyrrole nitrogens is 1. The standard InChI is InChI=1S/C31H40N6O/c1-19(2)29-25-15-23(22-11-13-36(14-12-22)28(38)16-32-24-7-5-6-8-24)9-10-27(25)35-30(29)26-17-37-31(33-18-34-37)21(4)20(26)3/h9-10,15,17-19,22,24,32,35H,5-8,11-14,16H2,1-4H3. The zero-order valence-corrected chi connectivity index (χ0v) is 23.2. The third kappa shape index (κ3) is 4.51. The van der Waals surface area contributed by atoms with Crippen LogP contribution in [0.25, 0.3) is 27.8 Å². The molecule has 3 aromatic heterocycles. The minimum atomic E-state index is 0.262. The number of hydrogen-bond acceptors (Lipinski definition) is 4. The van der Waals surface area contributed by atoms with Crippen LogP contribution in [0.5, 0.6) is 0 Å². The Labute approximate surface area is 225 Å². The quantitative estimate of drug-likeness (QED) is 0.339. The largest absolute Gasteiger partial charge is 0.354 e. The van der Waals surface area contributed by atoms with Gasteiger partial charge < -0.3 is 15.2 Å². The molecule has 1 aliphatic heterocycles. The predicted molar refractivity (Wildman–Crippen MR) is 153 cm³/mol. The highest BCUT2D eigenvalue weighted by Crippen LogP contribution is 2.40. The van der Waals surface area contributed by atoms with Gasteiger partial charge in [0.05, 0.1) is 12.2 Å². The summed E-state index contributed by atoms with van der Waals surface area (Å²) >= 11 is 0. The Morgan fingerprint density at radius 2 is 1.87 bits per heavy atom. The molecule has 7 heteroatoms. The topological polar surface area (TPSA) is 78.3 Å². The first-order chi connectivity index (χ1) is 18.4. The number of fused-ring (bicyclic) bond motifs is 2. The van der Waals surface area contributed by atoms with Crippen LogP contribution in [0.2, 0.25) is 0 Å². The van der Waals surface area contributed by atoms with Crippen LogP contribution in [0, 0.1) is 13.8 Å². The molecule has 38 heavy (non-hydrogen) atoms. The van der Waals surface area contributed by atoms with E-state index in [0.717, 1.165) is 37.1 Å². The molecule has 4 aromatic rings. The first kappa shape index (κ1) is 25.1. The second kappa shape index (κ2) is 10.2. The van der Waals surface area contributed by atoms with E-state index < -0.39 is 0 Å². The van der Waals surface area contributed by atoms with Gasteiger partial charge in [-0.05, 0) is 85.8 Å². The molecule has 1 aliphatic carbocycles. The summed E-state index contributed by atoms with van der Waals surface area (Å²) in [6, 6.07) is 7.48. The summed E-state index contributed by atoms with van der Waals surface area (Å²) in [6.07, 6.45) is 10.8. The van der Waals surface area contributed by atoms with Gasteiger partial charge in [-0.15, -0.1) is 0 Å². The van der Waals surface area contributed by atoms with Gasteiger partial charge >= 0.3 is 0 Å². The van der Waals surface area contributed by atoms with E-state index in [4.69, 9.17) is 0 Å². The monoisotopic (exact) mass is 512 g/mol. The van der Waals surface area contributed by atoms with E-state index in [-0.39, 0.29) is 5.91 Å². The van der Waals surface area contributed by atoms with Crippen LogP contribution in [-0.4, -0.2) is 56.1 Å². The fourth-order valence-corrected chi connectivity index (χ4v) is 6.69. The van der Waals surface area contributed by atoms with Crippen molar-refractivity contribution in [2.75, 3.05) is 19.6 Å². The molecule has 1 saturated carbocycles. The van der Waals surface area contributed by atoms with Crippen molar-refractivity contribution in [3.63, 3.8) is 0 Å². The number of piperidine rings is 1. The fourth-order valence-electron chi connectivity index (χ4n) is 6.69. The van der Waals surface area contributed by atoms with Crippen LogP contribution < -0.4 is 5.32 Å². The summed E-state index contributed by atoms with van der Waals surface area (Å²) in [6.45, 7) is 11.0. The van der Waals surface area contributed by atoms with E-state index in [1.807, 2.05) is 4.52 Å². The summed E-state index contributed by atoms with van der Waals surface area (Å²) in [5.74, 6) is 1.12. The highest BCUT2D eigenvalue weighted by molar-refractivity contribution is 5.92. The summed E-state index contributed by atoms with van der Waals surface area (Å²) < 4.78 is 1.89. The Hall–Kier alpha value is -3.19. The number of aromatic nitrogens is 4. The van der Waals surface area contributed by atoms with Crippen molar-refractivity contribution in [1.82, 2.24) is 29.8 Å². The number of pyridine rings is 1. The molecule has 0 bridgehead atoms. The van der Waals surface area contributed by atoms with E-state index >= 15 is 0 Å². The lowest BCUT2D eigenvalue weighted by molar-refractivity contribution is -0.131. The fraction of sp³-hybridized carbons (Fsp3) is 0.516. The van der Waals surface area contributed by atoms with Gasteiger partial charge in [-0.1, -0.05) is 32.8 Å². The van der Waals surface area contributed by atoms with E-state index in [1.54, 1.807) is 6.33 Å². The van der Waals surface area contributed by atoms with Crippen molar-refractivity contribution in [2.24, 2.45) is 0 Å². The number of nitrogens with one attached hydrogen (secondary N) is 2. The SMILES string of the molecule is Cc1c(-c2[nH]c3ccc(C4CCN(C(=O)CNC5CCCC5)CC4)cc3c2C(C)C)cn2ncnc2c1C. The average molecular weight is 513 g/mol. The van der Waals surface area contributed by atoms with Crippen molar-refractivity contribution in [3.8, 4) is 11.3 Å². The van der Waals surface area contributed by atoms with Crippen LogP contribution >= 0.6 is 0 Å². The Kier molecular flexibility index (Phi) is 6.72. The third-order valence-corrected chi connectivity index (χ3v) is 9.05. The first-order valence-electron chi connectivity index (χ1n) is 14.4. The molecule has 2 fully saturated rings. The third-order valence-electron chi connectivity index (χ3n) is 9.05. The van der Waals surface area contributed by atoms with Crippen molar-refractivity contribution in [3.05, 3.63) is 53.0 Å². The lowest BCUT2D eigenvalue weighted by Crippen LogP contribution is -2.44. The molecule has 200 valence electrons. The maximum absolute atomic E-state index is 12.8. The minimum Gasteiger partial charge on any atom is -0.354 e. The van der Waals surface area contributed by atoms with Gasteiger partial charge in [-0.2, -0.15) is 5.10 Å². The van der Waals surface area contributed by atoms with E-state index in [1.165, 1.54) is 64.5 Å². The number of nitrogens with zero attached hydrogens (tertiary/aromatic N) is 4. The molecular formula is C31H40N6O. The number of likely N-dealkylation sites (tertiary alicyclic amines) is 1. The molecule has 6 rings (SSSR count). The van der Waals surface area contributed by atoms with Gasteiger partial charge in [-0.25, -0.2) is 9.50 Å². The van der Waals surface area contributed by atoms with Crippen molar-refractivity contribution >= 4 is 22.5 Å². The number of carbonyl (C=O) groups is 1. The summed E-state index contributed by atoms with van der Waals surface area (Å²) in [5, 5.41) is 9.21. The van der Waals surface area contributed by atoms with Crippen LogP contribution in [0.15, 0.2) is 30.7 Å². The second-order valence-electron chi connectivity index (χ2n) is 11.7. The lowest BCUT2D eigenvalue weighted by Gasteiger charge is -2.32. The van der Waals surface area contributed by atoms with Crippen molar-refractivity contribution < 1.29 is 4.79 Å². The molecule has 0 atom stereocenters. The maximum atomic E-state index is 12.8. The zero-order chi connectivity index (χ0) is 26.4. The molecule has 1 aromatic carbocycles. The number of carbonyl (C=O) groups excluding carboxylic acids is 1. The molecule has 7 nitrogen and oxygen atoms in total. The lowest BCUT2D eigenvalue weighted by atomic mass is 9.87. The number of benzene rings is 1. The number of hydrogen-bond donors (Lipinski definition) is 2. The van der Waals surface area contributed by atoms with Crippen LogP contribution in [0.1, 0.15) is 86.5 Å². The highest BCUT2D eigenvalue weighted by Gasteiger charge is 2.26. The average Bonchev–Trinajstić information content (AvgIpc) is 3.68. The molecular weight excluding hydrogens is 472 g/mol. The van der Waals surface area contributed by atoms with Crippen molar-refractivity contribution in [2.45, 2.75) is 84.1 Å². The number of aryl methyl sites for hydroxylation is 1. The number of rotatable bonds is 6. The van der Waals surface area contributed by atoms with Crippen LogP contribution in [-0.2, 0) is 4.79 Å². The summed E-state index contributed by atoms with van der Waals surface area (Å²) in [7, 11) is 0. The van der Waals surface area contributed by atoms with E-state index in [2.05, 4.69) is 77.4 Å².